The van der Waals surface area contributed by atoms with Crippen LogP contribution in [-0.2, 0) is 11.3 Å². The van der Waals surface area contributed by atoms with Gasteiger partial charge in [0.2, 0.25) is 5.91 Å². The van der Waals surface area contributed by atoms with Crippen molar-refractivity contribution in [2.75, 3.05) is 20.8 Å². The molecule has 2 aromatic carbocycles. The fourth-order valence-corrected chi connectivity index (χ4v) is 3.94. The van der Waals surface area contributed by atoms with E-state index in [0.29, 0.717) is 28.9 Å². The lowest BCUT2D eigenvalue weighted by Gasteiger charge is -2.27. The van der Waals surface area contributed by atoms with Crippen molar-refractivity contribution in [3.63, 3.8) is 0 Å². The smallest absolute Gasteiger partial charge is 0.261 e. The molecular formula is C22H23N3O4. The number of amides is 1. The number of hydrogen-bond acceptors (Lipinski definition) is 5. The highest BCUT2D eigenvalue weighted by molar-refractivity contribution is 5.79. The maximum Gasteiger partial charge on any atom is 0.261 e. The third kappa shape index (κ3) is 3.55. The first kappa shape index (κ1) is 19.0. The summed E-state index contributed by atoms with van der Waals surface area (Å²) in [6.07, 6.45) is 3.19. The van der Waals surface area contributed by atoms with Crippen LogP contribution in [0.15, 0.2) is 53.6 Å². The molecule has 1 fully saturated rings. The Hall–Kier alpha value is -3.35. The van der Waals surface area contributed by atoms with Gasteiger partial charge in [-0.25, -0.2) is 4.98 Å². The minimum absolute atomic E-state index is 0.0361. The maximum atomic E-state index is 13.1. The molecule has 1 unspecified atom stereocenters. The van der Waals surface area contributed by atoms with Crippen LogP contribution in [0.5, 0.6) is 11.5 Å². The van der Waals surface area contributed by atoms with Gasteiger partial charge in [0, 0.05) is 18.2 Å². The van der Waals surface area contributed by atoms with Crippen molar-refractivity contribution < 1.29 is 14.3 Å². The van der Waals surface area contributed by atoms with Crippen molar-refractivity contribution in [3.8, 4) is 11.5 Å². The summed E-state index contributed by atoms with van der Waals surface area (Å²) in [5, 5.41) is 0.512. The lowest BCUT2D eigenvalue weighted by Crippen LogP contribution is -2.36. The molecule has 1 aromatic heterocycles. The van der Waals surface area contributed by atoms with Crippen LogP contribution in [0.2, 0.25) is 0 Å². The van der Waals surface area contributed by atoms with E-state index < -0.39 is 0 Å². The molecule has 7 nitrogen and oxygen atoms in total. The van der Waals surface area contributed by atoms with Gasteiger partial charge in [0.05, 0.1) is 37.5 Å². The van der Waals surface area contributed by atoms with Gasteiger partial charge < -0.3 is 14.4 Å². The SMILES string of the molecule is COc1ccc(C2CCCN2C(=O)Cn2cnc3ccccc3c2=O)c(OC)c1. The maximum absolute atomic E-state index is 13.1. The van der Waals surface area contributed by atoms with Gasteiger partial charge in [-0.05, 0) is 37.1 Å². The van der Waals surface area contributed by atoms with E-state index in [2.05, 4.69) is 4.98 Å². The summed E-state index contributed by atoms with van der Waals surface area (Å²) in [5.41, 5.74) is 1.37. The number of carbonyl (C=O) groups excluding carboxylic acids is 1. The van der Waals surface area contributed by atoms with Crippen molar-refractivity contribution in [1.82, 2.24) is 14.5 Å². The third-order valence-electron chi connectivity index (χ3n) is 5.41. The number of hydrogen-bond donors (Lipinski definition) is 0. The van der Waals surface area contributed by atoms with Gasteiger partial charge in [-0.15, -0.1) is 0 Å². The molecule has 1 aliphatic rings. The number of carbonyl (C=O) groups is 1. The quantitative estimate of drug-likeness (QED) is 0.666. The van der Waals surface area contributed by atoms with E-state index in [-0.39, 0.29) is 24.1 Å². The van der Waals surface area contributed by atoms with Crippen LogP contribution in [0.3, 0.4) is 0 Å². The summed E-state index contributed by atoms with van der Waals surface area (Å²) in [6.45, 7) is 0.611. The van der Waals surface area contributed by atoms with Crippen LogP contribution in [0.1, 0.15) is 24.4 Å². The fraction of sp³-hybridized carbons (Fsp3) is 0.318. The number of fused-ring (bicyclic) bond motifs is 1. The molecule has 150 valence electrons. The molecule has 1 amide bonds. The number of para-hydroxylation sites is 1. The Bertz CT molecular complexity index is 1110. The topological polar surface area (TPSA) is 73.7 Å². The first-order valence-electron chi connectivity index (χ1n) is 9.58. The van der Waals surface area contributed by atoms with Gasteiger partial charge in [-0.2, -0.15) is 0 Å². The number of likely N-dealkylation sites (tertiary alicyclic amines) is 1. The van der Waals surface area contributed by atoms with Gasteiger partial charge in [0.25, 0.3) is 5.56 Å². The zero-order valence-electron chi connectivity index (χ0n) is 16.5. The molecule has 0 bridgehead atoms. The monoisotopic (exact) mass is 393 g/mol. The molecule has 1 aliphatic heterocycles. The van der Waals surface area contributed by atoms with Crippen molar-refractivity contribution in [3.05, 3.63) is 64.7 Å². The number of rotatable bonds is 5. The molecule has 1 saturated heterocycles. The van der Waals surface area contributed by atoms with E-state index in [1.54, 1.807) is 32.4 Å². The molecule has 7 heteroatoms. The van der Waals surface area contributed by atoms with Crippen molar-refractivity contribution in [2.24, 2.45) is 0 Å². The Kier molecular flexibility index (Phi) is 5.20. The van der Waals surface area contributed by atoms with E-state index in [4.69, 9.17) is 9.47 Å². The van der Waals surface area contributed by atoms with E-state index in [9.17, 15) is 9.59 Å². The third-order valence-corrected chi connectivity index (χ3v) is 5.41. The highest BCUT2D eigenvalue weighted by Crippen LogP contribution is 2.38. The average molecular weight is 393 g/mol. The molecule has 1 atom stereocenters. The predicted octanol–water partition coefficient (Wildman–Crippen LogP) is 2.78. The molecule has 3 aromatic rings. The van der Waals surface area contributed by atoms with E-state index in [0.717, 1.165) is 18.4 Å². The Morgan fingerprint density at radius 1 is 1.17 bits per heavy atom. The molecule has 0 aliphatic carbocycles. The minimum Gasteiger partial charge on any atom is -0.497 e. The van der Waals surface area contributed by atoms with Gasteiger partial charge >= 0.3 is 0 Å². The molecule has 29 heavy (non-hydrogen) atoms. The van der Waals surface area contributed by atoms with Crippen LogP contribution in [0.25, 0.3) is 10.9 Å². The molecule has 4 rings (SSSR count). The minimum atomic E-state index is -0.207. The Balaban J connectivity index is 1.61. The highest BCUT2D eigenvalue weighted by atomic mass is 16.5. The summed E-state index contributed by atoms with van der Waals surface area (Å²) in [6, 6.07) is 12.7. The normalized spacial score (nSPS) is 16.2. The van der Waals surface area contributed by atoms with Crippen molar-refractivity contribution in [1.29, 1.82) is 0 Å². The van der Waals surface area contributed by atoms with Gasteiger partial charge in [-0.3, -0.25) is 14.2 Å². The zero-order chi connectivity index (χ0) is 20.4. The standard InChI is InChI=1S/C22H23N3O4/c1-28-15-9-10-17(20(12-15)29-2)19-8-5-11-25(19)21(26)13-24-14-23-18-7-4-3-6-16(18)22(24)27/h3-4,6-7,9-10,12,14,19H,5,8,11,13H2,1-2H3. The molecule has 0 radical (unpaired) electrons. The first-order valence-corrected chi connectivity index (χ1v) is 9.58. The number of aromatic nitrogens is 2. The van der Waals surface area contributed by atoms with Crippen LogP contribution < -0.4 is 15.0 Å². The van der Waals surface area contributed by atoms with E-state index >= 15 is 0 Å². The van der Waals surface area contributed by atoms with Crippen molar-refractivity contribution in [2.45, 2.75) is 25.4 Å². The Morgan fingerprint density at radius 2 is 2.00 bits per heavy atom. The molecule has 0 spiro atoms. The summed E-state index contributed by atoms with van der Waals surface area (Å²) >= 11 is 0. The average Bonchev–Trinajstić information content (AvgIpc) is 3.25. The molecule has 2 heterocycles. The second-order valence-corrected chi connectivity index (χ2v) is 7.05. The number of ether oxygens (including phenoxy) is 2. The van der Waals surface area contributed by atoms with Crippen LogP contribution in [-0.4, -0.2) is 41.1 Å². The zero-order valence-corrected chi connectivity index (χ0v) is 16.5. The molecular weight excluding hydrogens is 370 g/mol. The first-order chi connectivity index (χ1) is 14.1. The summed E-state index contributed by atoms with van der Waals surface area (Å²) in [4.78, 5) is 31.9. The molecule has 0 N–H and O–H groups in total. The van der Waals surface area contributed by atoms with E-state index in [1.165, 1.54) is 10.9 Å². The molecule has 0 saturated carbocycles. The number of methoxy groups -OCH3 is 2. The Labute approximate surface area is 168 Å². The largest absolute Gasteiger partial charge is 0.497 e. The highest BCUT2D eigenvalue weighted by Gasteiger charge is 2.32. The number of benzene rings is 2. The fourth-order valence-electron chi connectivity index (χ4n) is 3.94. The van der Waals surface area contributed by atoms with Crippen LogP contribution in [0.4, 0.5) is 0 Å². The number of nitrogens with zero attached hydrogens (tertiary/aromatic N) is 3. The predicted molar refractivity (Wildman–Crippen MR) is 109 cm³/mol. The lowest BCUT2D eigenvalue weighted by atomic mass is 10.0. The summed E-state index contributed by atoms with van der Waals surface area (Å²) < 4.78 is 12.2. The van der Waals surface area contributed by atoms with Crippen molar-refractivity contribution >= 4 is 16.8 Å². The summed E-state index contributed by atoms with van der Waals surface area (Å²) in [5.74, 6) is 1.29. The van der Waals surface area contributed by atoms with Crippen LogP contribution in [0, 0.1) is 0 Å². The second kappa shape index (κ2) is 7.95. The van der Waals surface area contributed by atoms with Crippen LogP contribution >= 0.6 is 0 Å². The lowest BCUT2D eigenvalue weighted by molar-refractivity contribution is -0.132. The summed E-state index contributed by atoms with van der Waals surface area (Å²) in [7, 11) is 3.22. The Morgan fingerprint density at radius 3 is 2.79 bits per heavy atom. The van der Waals surface area contributed by atoms with Gasteiger partial charge in [0.1, 0.15) is 18.0 Å². The van der Waals surface area contributed by atoms with Gasteiger partial charge in [-0.1, -0.05) is 12.1 Å². The van der Waals surface area contributed by atoms with E-state index in [1.807, 2.05) is 29.2 Å². The second-order valence-electron chi connectivity index (χ2n) is 7.05. The van der Waals surface area contributed by atoms with Gasteiger partial charge in [0.15, 0.2) is 0 Å².